The number of nitrogens with zero attached hydrogens (tertiary/aromatic N) is 2. The van der Waals surface area contributed by atoms with E-state index in [2.05, 4.69) is 75.6 Å². The minimum Gasteiger partial charge on any atom is -0.464 e. The summed E-state index contributed by atoms with van der Waals surface area (Å²) in [6.45, 7) is 21.2. The lowest BCUT2D eigenvalue weighted by Crippen LogP contribution is -2.40. The van der Waals surface area contributed by atoms with Crippen LogP contribution in [0.4, 0.5) is 0 Å². The molecule has 0 saturated carbocycles. The molecule has 1 atom stereocenters. The molecule has 0 heterocycles. The van der Waals surface area contributed by atoms with Gasteiger partial charge >= 0.3 is 5.97 Å². The molecule has 1 aromatic rings. The summed E-state index contributed by atoms with van der Waals surface area (Å²) in [5, 5.41) is 0. The highest BCUT2D eigenvalue weighted by Crippen LogP contribution is 2.30. The second-order valence-electron chi connectivity index (χ2n) is 8.57. The summed E-state index contributed by atoms with van der Waals surface area (Å²) in [4.78, 5) is 17.9. The Kier molecular flexibility index (Phi) is 11.5. The fourth-order valence-corrected chi connectivity index (χ4v) is 3.73. The maximum absolute atomic E-state index is 13.2. The third-order valence-corrected chi connectivity index (χ3v) is 6.04. The average Bonchev–Trinajstić information content (AvgIpc) is 2.71. The molecule has 1 aromatic carbocycles. The molecule has 0 aliphatic heterocycles. The molecule has 4 heteroatoms. The van der Waals surface area contributed by atoms with Crippen molar-refractivity contribution in [2.45, 2.75) is 66.7 Å². The van der Waals surface area contributed by atoms with E-state index in [4.69, 9.17) is 4.74 Å². The van der Waals surface area contributed by atoms with E-state index in [-0.39, 0.29) is 5.97 Å². The van der Waals surface area contributed by atoms with Gasteiger partial charge in [-0.15, -0.1) is 0 Å². The molecule has 1 rings (SSSR count). The molecule has 4 nitrogen and oxygen atoms in total. The second-order valence-corrected chi connectivity index (χ2v) is 8.57. The highest BCUT2D eigenvalue weighted by molar-refractivity contribution is 5.82. The summed E-state index contributed by atoms with van der Waals surface area (Å²) in [5.74, 6) is 0.522. The van der Waals surface area contributed by atoms with Crippen molar-refractivity contribution in [3.8, 4) is 0 Å². The van der Waals surface area contributed by atoms with Crippen molar-refractivity contribution >= 4 is 5.97 Å². The van der Waals surface area contributed by atoms with Crippen LogP contribution in [0.5, 0.6) is 0 Å². The van der Waals surface area contributed by atoms with Gasteiger partial charge in [0.25, 0.3) is 0 Å². The quantitative estimate of drug-likeness (QED) is 0.419. The van der Waals surface area contributed by atoms with Gasteiger partial charge in [0.2, 0.25) is 0 Å². The Hall–Kier alpha value is -1.39. The van der Waals surface area contributed by atoms with Gasteiger partial charge in [-0.25, -0.2) is 0 Å². The van der Waals surface area contributed by atoms with E-state index in [1.54, 1.807) is 0 Å². The largest absolute Gasteiger partial charge is 0.464 e. The van der Waals surface area contributed by atoms with Crippen LogP contribution in [0.25, 0.3) is 0 Å². The molecule has 0 spiro atoms. The van der Waals surface area contributed by atoms with Crippen molar-refractivity contribution in [2.24, 2.45) is 5.92 Å². The first kappa shape index (κ1) is 25.6. The predicted octanol–water partition coefficient (Wildman–Crippen LogP) is 4.76. The molecule has 0 fully saturated rings. The third-order valence-electron chi connectivity index (χ3n) is 6.04. The Morgan fingerprint density at radius 3 is 1.93 bits per heavy atom. The first-order chi connectivity index (χ1) is 13.8. The Morgan fingerprint density at radius 2 is 1.45 bits per heavy atom. The van der Waals surface area contributed by atoms with Crippen LogP contribution in [0.2, 0.25) is 0 Å². The second kappa shape index (κ2) is 13.0. The first-order valence-electron chi connectivity index (χ1n) is 11.5. The van der Waals surface area contributed by atoms with E-state index >= 15 is 0 Å². The molecule has 0 radical (unpaired) electrons. The zero-order chi connectivity index (χ0) is 21.9. The summed E-state index contributed by atoms with van der Waals surface area (Å²) in [6.07, 6.45) is 1.83. The van der Waals surface area contributed by atoms with Crippen LogP contribution in [-0.4, -0.2) is 61.6 Å². The molecular weight excluding hydrogens is 360 g/mol. The zero-order valence-electron chi connectivity index (χ0n) is 20.0. The van der Waals surface area contributed by atoms with Gasteiger partial charge in [0.1, 0.15) is 6.61 Å². The fourth-order valence-electron chi connectivity index (χ4n) is 3.73. The maximum atomic E-state index is 13.2. The van der Waals surface area contributed by atoms with Crippen LogP contribution in [0.3, 0.4) is 0 Å². The maximum Gasteiger partial charge on any atom is 0.316 e. The van der Waals surface area contributed by atoms with Crippen molar-refractivity contribution < 1.29 is 9.53 Å². The van der Waals surface area contributed by atoms with Crippen molar-refractivity contribution in [2.75, 3.05) is 45.9 Å². The van der Waals surface area contributed by atoms with Gasteiger partial charge in [-0.2, -0.15) is 0 Å². The van der Waals surface area contributed by atoms with Crippen molar-refractivity contribution in [3.05, 3.63) is 35.4 Å². The summed E-state index contributed by atoms with van der Waals surface area (Å²) < 4.78 is 5.79. The molecule has 1 unspecified atom stereocenters. The van der Waals surface area contributed by atoms with Gasteiger partial charge < -0.3 is 14.5 Å². The van der Waals surface area contributed by atoms with Crippen molar-refractivity contribution in [1.29, 1.82) is 0 Å². The molecule has 0 saturated heterocycles. The Morgan fingerprint density at radius 1 is 0.931 bits per heavy atom. The number of ether oxygens (including phenoxy) is 1. The molecule has 0 N–H and O–H groups in total. The van der Waals surface area contributed by atoms with Crippen LogP contribution in [0, 0.1) is 5.92 Å². The van der Waals surface area contributed by atoms with Crippen LogP contribution < -0.4 is 0 Å². The summed E-state index contributed by atoms with van der Waals surface area (Å²) >= 11 is 0. The minimum absolute atomic E-state index is 0.103. The number of rotatable bonds is 14. The van der Waals surface area contributed by atoms with Crippen molar-refractivity contribution in [1.82, 2.24) is 9.80 Å². The van der Waals surface area contributed by atoms with E-state index in [0.29, 0.717) is 12.5 Å². The number of esters is 1. The van der Waals surface area contributed by atoms with E-state index in [0.717, 1.165) is 57.7 Å². The van der Waals surface area contributed by atoms with Crippen LogP contribution in [0.1, 0.15) is 66.0 Å². The number of hydrogen-bond donors (Lipinski definition) is 0. The van der Waals surface area contributed by atoms with Gasteiger partial charge in [-0.05, 0) is 69.5 Å². The number of likely N-dealkylation sites (N-methyl/N-ethyl adjacent to an activating group) is 1. The molecule has 0 aromatic heterocycles. The molecule has 166 valence electrons. The Labute approximate surface area is 179 Å². The SMILES string of the molecule is CCN(CC)CCOC(=O)C(C)(CCN(CC)CC)c1ccc(CC(C)C)cc1. The highest BCUT2D eigenvalue weighted by atomic mass is 16.5. The topological polar surface area (TPSA) is 32.8 Å². The van der Waals surface area contributed by atoms with Gasteiger partial charge in [0, 0.05) is 6.54 Å². The van der Waals surface area contributed by atoms with Gasteiger partial charge in [-0.3, -0.25) is 4.79 Å². The number of benzene rings is 1. The third kappa shape index (κ3) is 8.10. The standard InChI is InChI=1S/C25H44N2O2/c1-8-26(9-2)17-16-25(7,24(28)29-19-18-27(10-3)11-4)23-14-12-22(13-15-23)20-21(5)6/h12-15,21H,8-11,16-20H2,1-7H3. The van der Waals surface area contributed by atoms with Gasteiger partial charge in [0.15, 0.2) is 0 Å². The normalized spacial score (nSPS) is 13.9. The molecule has 0 aliphatic carbocycles. The number of carbonyl (C=O) groups excluding carboxylic acids is 1. The monoisotopic (exact) mass is 404 g/mol. The number of carbonyl (C=O) groups is 1. The highest BCUT2D eigenvalue weighted by Gasteiger charge is 2.37. The molecule has 0 amide bonds. The van der Waals surface area contributed by atoms with Crippen molar-refractivity contribution in [3.63, 3.8) is 0 Å². The summed E-state index contributed by atoms with van der Waals surface area (Å²) in [6, 6.07) is 8.61. The lowest BCUT2D eigenvalue weighted by Gasteiger charge is -2.31. The van der Waals surface area contributed by atoms with Gasteiger partial charge in [0.05, 0.1) is 5.41 Å². The minimum atomic E-state index is -0.623. The van der Waals surface area contributed by atoms with E-state index in [1.165, 1.54) is 5.56 Å². The average molecular weight is 405 g/mol. The zero-order valence-corrected chi connectivity index (χ0v) is 20.0. The lowest BCUT2D eigenvalue weighted by atomic mass is 9.78. The predicted molar refractivity (Wildman–Crippen MR) is 123 cm³/mol. The van der Waals surface area contributed by atoms with Gasteiger partial charge in [-0.1, -0.05) is 65.8 Å². The smallest absolute Gasteiger partial charge is 0.316 e. The van der Waals surface area contributed by atoms with E-state index in [1.807, 2.05) is 6.92 Å². The molecule has 29 heavy (non-hydrogen) atoms. The fraction of sp³-hybridized carbons (Fsp3) is 0.720. The first-order valence-corrected chi connectivity index (χ1v) is 11.5. The van der Waals surface area contributed by atoms with Crippen LogP contribution in [-0.2, 0) is 21.4 Å². The summed E-state index contributed by atoms with van der Waals surface area (Å²) in [7, 11) is 0. The summed E-state index contributed by atoms with van der Waals surface area (Å²) in [5.41, 5.74) is 1.76. The molecular formula is C25H44N2O2. The number of hydrogen-bond acceptors (Lipinski definition) is 4. The van der Waals surface area contributed by atoms with E-state index in [9.17, 15) is 4.79 Å². The Bertz CT molecular complexity index is 577. The molecule has 0 bridgehead atoms. The van der Waals surface area contributed by atoms with Crippen LogP contribution >= 0.6 is 0 Å². The lowest BCUT2D eigenvalue weighted by molar-refractivity contribution is -0.151. The Balaban J connectivity index is 2.96. The van der Waals surface area contributed by atoms with Crippen LogP contribution in [0.15, 0.2) is 24.3 Å². The molecule has 0 aliphatic rings. The van der Waals surface area contributed by atoms with E-state index < -0.39 is 5.41 Å².